The van der Waals surface area contributed by atoms with Gasteiger partial charge < -0.3 is 25.8 Å². The van der Waals surface area contributed by atoms with E-state index in [9.17, 15) is 24.3 Å². The van der Waals surface area contributed by atoms with Gasteiger partial charge >= 0.3 is 12.1 Å². The van der Waals surface area contributed by atoms with Gasteiger partial charge in [0, 0.05) is 6.42 Å². The molecule has 0 spiro atoms. The Morgan fingerprint density at radius 3 is 2.13 bits per heavy atom. The zero-order valence-corrected chi connectivity index (χ0v) is 18.0. The van der Waals surface area contributed by atoms with E-state index < -0.39 is 41.6 Å². The van der Waals surface area contributed by atoms with Crippen LogP contribution in [0.15, 0.2) is 30.3 Å². The first-order chi connectivity index (χ1) is 13.9. The maximum absolute atomic E-state index is 12.6. The minimum atomic E-state index is -1.17. The Bertz CT molecular complexity index is 743. The molecule has 30 heavy (non-hydrogen) atoms. The van der Waals surface area contributed by atoms with Gasteiger partial charge in [0.15, 0.2) is 0 Å². The van der Waals surface area contributed by atoms with Crippen LogP contribution in [0.1, 0.15) is 40.2 Å². The van der Waals surface area contributed by atoms with Crippen LogP contribution in [0, 0.1) is 5.92 Å². The fraction of sp³-hybridized carbons (Fsp3) is 0.524. The summed E-state index contributed by atoms with van der Waals surface area (Å²) in [5, 5.41) is 16.8. The van der Waals surface area contributed by atoms with Crippen LogP contribution in [0.5, 0.6) is 0 Å². The highest BCUT2D eigenvalue weighted by molar-refractivity contribution is 5.91. The summed E-state index contributed by atoms with van der Waals surface area (Å²) in [6, 6.07) is 6.81. The Kier molecular flexibility index (Phi) is 9.29. The van der Waals surface area contributed by atoms with Crippen LogP contribution >= 0.6 is 0 Å². The summed E-state index contributed by atoms with van der Waals surface area (Å²) in [7, 11) is 0. The second-order valence-electron chi connectivity index (χ2n) is 8.23. The lowest BCUT2D eigenvalue weighted by Crippen LogP contribution is -2.55. The minimum Gasteiger partial charge on any atom is -0.480 e. The van der Waals surface area contributed by atoms with Gasteiger partial charge in [0.05, 0.1) is 0 Å². The Balaban J connectivity index is 2.69. The van der Waals surface area contributed by atoms with E-state index in [2.05, 4.69) is 16.0 Å². The Morgan fingerprint density at radius 1 is 1.03 bits per heavy atom. The molecule has 0 aromatic heterocycles. The van der Waals surface area contributed by atoms with Crippen molar-refractivity contribution in [2.45, 2.75) is 58.7 Å². The van der Waals surface area contributed by atoms with Gasteiger partial charge in [-0.15, -0.1) is 0 Å². The fourth-order valence-corrected chi connectivity index (χ4v) is 2.54. The molecule has 0 radical (unpaired) electrons. The van der Waals surface area contributed by atoms with E-state index in [4.69, 9.17) is 4.74 Å². The van der Waals surface area contributed by atoms with E-state index in [1.54, 1.807) is 58.9 Å². The number of ether oxygens (including phenoxy) is 1. The molecule has 0 aliphatic rings. The number of alkyl carbamates (subject to hydrolysis) is 1. The van der Waals surface area contributed by atoms with Gasteiger partial charge in [-0.05, 0) is 32.3 Å². The quantitative estimate of drug-likeness (QED) is 0.477. The van der Waals surface area contributed by atoms with Crippen molar-refractivity contribution in [3.8, 4) is 0 Å². The Morgan fingerprint density at radius 2 is 1.63 bits per heavy atom. The number of nitrogens with one attached hydrogen (secondary N) is 3. The molecule has 2 atom stereocenters. The molecule has 0 unspecified atom stereocenters. The molecule has 9 heteroatoms. The second-order valence-corrected chi connectivity index (χ2v) is 8.23. The number of hydrogen-bond donors (Lipinski definition) is 4. The van der Waals surface area contributed by atoms with Gasteiger partial charge in [0.25, 0.3) is 0 Å². The summed E-state index contributed by atoms with van der Waals surface area (Å²) in [6.45, 7) is 8.15. The first kappa shape index (κ1) is 24.9. The largest absolute Gasteiger partial charge is 0.480 e. The molecule has 1 aromatic carbocycles. The number of aliphatic carboxylic acids is 1. The van der Waals surface area contributed by atoms with Gasteiger partial charge in [-0.25, -0.2) is 9.59 Å². The zero-order chi connectivity index (χ0) is 22.9. The number of carboxylic acid groups (broad SMARTS) is 1. The molecule has 1 aromatic rings. The van der Waals surface area contributed by atoms with E-state index in [0.717, 1.165) is 5.56 Å². The summed E-state index contributed by atoms with van der Waals surface area (Å²) < 4.78 is 5.05. The van der Waals surface area contributed by atoms with Gasteiger partial charge in [0.1, 0.15) is 24.2 Å². The first-order valence-electron chi connectivity index (χ1n) is 9.72. The monoisotopic (exact) mass is 421 g/mol. The summed E-state index contributed by atoms with van der Waals surface area (Å²) >= 11 is 0. The average molecular weight is 421 g/mol. The molecule has 4 N–H and O–H groups in total. The van der Waals surface area contributed by atoms with Crippen molar-refractivity contribution in [2.75, 3.05) is 6.54 Å². The number of amides is 3. The molecular formula is C21H31N3O6. The number of carbonyl (C=O) groups excluding carboxylic acids is 3. The highest BCUT2D eigenvalue weighted by Crippen LogP contribution is 2.08. The van der Waals surface area contributed by atoms with E-state index in [0.29, 0.717) is 0 Å². The van der Waals surface area contributed by atoms with E-state index in [1.807, 2.05) is 6.07 Å². The van der Waals surface area contributed by atoms with Crippen molar-refractivity contribution < 1.29 is 29.0 Å². The lowest BCUT2D eigenvalue weighted by atomic mass is 10.0. The smallest absolute Gasteiger partial charge is 0.408 e. The normalized spacial score (nSPS) is 13.1. The predicted molar refractivity (Wildman–Crippen MR) is 111 cm³/mol. The second kappa shape index (κ2) is 11.2. The molecule has 1 rings (SSSR count). The van der Waals surface area contributed by atoms with Crippen LogP contribution in [0.2, 0.25) is 0 Å². The third-order valence-corrected chi connectivity index (χ3v) is 3.96. The molecule has 0 saturated carbocycles. The summed E-state index contributed by atoms with van der Waals surface area (Å²) in [6.07, 6.45) is -0.641. The van der Waals surface area contributed by atoms with Crippen molar-refractivity contribution in [3.63, 3.8) is 0 Å². The van der Waals surface area contributed by atoms with Crippen LogP contribution < -0.4 is 16.0 Å². The molecule has 0 saturated heterocycles. The molecule has 0 heterocycles. The van der Waals surface area contributed by atoms with Crippen molar-refractivity contribution in [2.24, 2.45) is 5.92 Å². The lowest BCUT2D eigenvalue weighted by molar-refractivity contribution is -0.142. The lowest BCUT2D eigenvalue weighted by Gasteiger charge is -2.24. The Labute approximate surface area is 176 Å². The molecule has 0 aliphatic heterocycles. The number of hydrogen-bond acceptors (Lipinski definition) is 5. The van der Waals surface area contributed by atoms with E-state index >= 15 is 0 Å². The highest BCUT2D eigenvalue weighted by Gasteiger charge is 2.29. The third kappa shape index (κ3) is 9.40. The van der Waals surface area contributed by atoms with Crippen LogP contribution in [0.4, 0.5) is 4.79 Å². The summed E-state index contributed by atoms with van der Waals surface area (Å²) in [5.74, 6) is -2.68. The summed E-state index contributed by atoms with van der Waals surface area (Å²) in [4.78, 5) is 48.1. The fourth-order valence-electron chi connectivity index (χ4n) is 2.54. The van der Waals surface area contributed by atoms with Gasteiger partial charge in [-0.3, -0.25) is 9.59 Å². The van der Waals surface area contributed by atoms with Gasteiger partial charge in [-0.1, -0.05) is 44.2 Å². The molecule has 166 valence electrons. The van der Waals surface area contributed by atoms with Gasteiger partial charge in [0.2, 0.25) is 11.8 Å². The number of carboxylic acids is 1. The standard InChI is InChI=1S/C21H31N3O6/c1-13(2)17(24-16(25)12-22-20(29)30-21(3,4)5)18(26)23-15(19(27)28)11-14-9-7-6-8-10-14/h6-10,13,15,17H,11-12H2,1-5H3,(H,22,29)(H,23,26)(H,24,25)(H,27,28)/t15-,17-/m0/s1. The average Bonchev–Trinajstić information content (AvgIpc) is 2.63. The molecule has 0 fully saturated rings. The van der Waals surface area contributed by atoms with E-state index in [1.165, 1.54) is 0 Å². The van der Waals surface area contributed by atoms with E-state index in [-0.39, 0.29) is 18.9 Å². The molecule has 0 bridgehead atoms. The first-order valence-corrected chi connectivity index (χ1v) is 9.72. The molecule has 3 amide bonds. The summed E-state index contributed by atoms with van der Waals surface area (Å²) in [5.41, 5.74) is 0.0581. The van der Waals surface area contributed by atoms with Crippen LogP contribution in [0.3, 0.4) is 0 Å². The number of carbonyl (C=O) groups is 4. The van der Waals surface area contributed by atoms with Crippen LogP contribution in [0.25, 0.3) is 0 Å². The van der Waals surface area contributed by atoms with Crippen molar-refractivity contribution in [1.82, 2.24) is 16.0 Å². The number of benzene rings is 1. The van der Waals surface area contributed by atoms with Crippen molar-refractivity contribution in [1.29, 1.82) is 0 Å². The highest BCUT2D eigenvalue weighted by atomic mass is 16.6. The minimum absolute atomic E-state index is 0.112. The van der Waals surface area contributed by atoms with Crippen LogP contribution in [-0.2, 0) is 25.5 Å². The maximum atomic E-state index is 12.6. The van der Waals surface area contributed by atoms with Crippen molar-refractivity contribution in [3.05, 3.63) is 35.9 Å². The van der Waals surface area contributed by atoms with Crippen LogP contribution in [-0.4, -0.2) is 53.2 Å². The molecule has 9 nitrogen and oxygen atoms in total. The van der Waals surface area contributed by atoms with Crippen molar-refractivity contribution >= 4 is 23.9 Å². The Hall–Kier alpha value is -3.10. The number of rotatable bonds is 9. The molecule has 0 aliphatic carbocycles. The topological polar surface area (TPSA) is 134 Å². The van der Waals surface area contributed by atoms with Gasteiger partial charge in [-0.2, -0.15) is 0 Å². The zero-order valence-electron chi connectivity index (χ0n) is 18.0. The third-order valence-electron chi connectivity index (χ3n) is 3.96. The maximum Gasteiger partial charge on any atom is 0.408 e. The SMILES string of the molecule is CC(C)[C@H](NC(=O)CNC(=O)OC(C)(C)C)C(=O)N[C@@H](Cc1ccccc1)C(=O)O. The predicted octanol–water partition coefficient (Wildman–Crippen LogP) is 1.46. The molecular weight excluding hydrogens is 390 g/mol.